The molecule has 2 nitrogen and oxygen atoms in total. The molecular formula is C15H21F3N2. The van der Waals surface area contributed by atoms with E-state index in [1.807, 2.05) is 0 Å². The highest BCUT2D eigenvalue weighted by atomic mass is 19.4. The van der Waals surface area contributed by atoms with Crippen LogP contribution in [0.3, 0.4) is 0 Å². The Labute approximate surface area is 117 Å². The first-order valence-electron chi connectivity index (χ1n) is 7.29. The Hall–Kier alpha value is -1.26. The van der Waals surface area contributed by atoms with E-state index >= 15 is 0 Å². The topological polar surface area (TPSA) is 24.9 Å². The van der Waals surface area contributed by atoms with Crippen LogP contribution in [0, 0.1) is 5.92 Å². The zero-order valence-corrected chi connectivity index (χ0v) is 11.7. The molecule has 0 aromatic carbocycles. The van der Waals surface area contributed by atoms with Crippen molar-refractivity contribution in [3.63, 3.8) is 0 Å². The van der Waals surface area contributed by atoms with Gasteiger partial charge in [-0.05, 0) is 43.7 Å². The monoisotopic (exact) mass is 286 g/mol. The molecule has 0 bridgehead atoms. The van der Waals surface area contributed by atoms with Crippen molar-refractivity contribution >= 4 is 5.82 Å². The molecule has 1 aliphatic rings. The van der Waals surface area contributed by atoms with Gasteiger partial charge in [0.05, 0.1) is 5.56 Å². The van der Waals surface area contributed by atoms with E-state index in [4.69, 9.17) is 0 Å². The standard InChI is InChI=1S/C15H21F3N2/c1-2-3-11-4-6-13(7-5-11)20-14-10-12(8-9-19-14)15(16,17)18/h8-11,13H,2-7H2,1H3,(H,19,20). The molecule has 1 saturated carbocycles. The Balaban J connectivity index is 1.91. The zero-order chi connectivity index (χ0) is 14.6. The van der Waals surface area contributed by atoms with Gasteiger partial charge in [0.1, 0.15) is 5.82 Å². The highest BCUT2D eigenvalue weighted by Gasteiger charge is 2.31. The number of aromatic nitrogens is 1. The molecule has 1 aliphatic carbocycles. The van der Waals surface area contributed by atoms with Crippen molar-refractivity contribution in [3.8, 4) is 0 Å². The van der Waals surface area contributed by atoms with E-state index in [9.17, 15) is 13.2 Å². The van der Waals surface area contributed by atoms with E-state index in [0.717, 1.165) is 43.7 Å². The maximum Gasteiger partial charge on any atom is 0.416 e. The molecule has 0 amide bonds. The summed E-state index contributed by atoms with van der Waals surface area (Å²) in [4.78, 5) is 3.99. The van der Waals surface area contributed by atoms with E-state index in [1.165, 1.54) is 19.0 Å². The second-order valence-corrected chi connectivity index (χ2v) is 5.58. The van der Waals surface area contributed by atoms with Crippen LogP contribution in [0.25, 0.3) is 0 Å². The lowest BCUT2D eigenvalue weighted by molar-refractivity contribution is -0.137. The molecule has 0 radical (unpaired) electrons. The fourth-order valence-corrected chi connectivity index (χ4v) is 2.90. The molecule has 0 atom stereocenters. The lowest BCUT2D eigenvalue weighted by Gasteiger charge is -2.29. The Morgan fingerprint density at radius 2 is 1.95 bits per heavy atom. The van der Waals surface area contributed by atoms with Gasteiger partial charge in [-0.25, -0.2) is 4.98 Å². The van der Waals surface area contributed by atoms with Crippen LogP contribution < -0.4 is 5.32 Å². The minimum atomic E-state index is -4.31. The van der Waals surface area contributed by atoms with Crippen LogP contribution in [0.15, 0.2) is 18.3 Å². The van der Waals surface area contributed by atoms with Crippen LogP contribution in [0.1, 0.15) is 51.0 Å². The van der Waals surface area contributed by atoms with Gasteiger partial charge in [-0.1, -0.05) is 19.8 Å². The summed E-state index contributed by atoms with van der Waals surface area (Å²) in [6.45, 7) is 2.19. The number of alkyl halides is 3. The van der Waals surface area contributed by atoms with Crippen LogP contribution in [-0.2, 0) is 6.18 Å². The van der Waals surface area contributed by atoms with Gasteiger partial charge in [0.15, 0.2) is 0 Å². The molecule has 112 valence electrons. The van der Waals surface area contributed by atoms with Gasteiger partial charge >= 0.3 is 6.18 Å². The van der Waals surface area contributed by atoms with E-state index in [1.54, 1.807) is 0 Å². The first-order valence-corrected chi connectivity index (χ1v) is 7.29. The van der Waals surface area contributed by atoms with Crippen LogP contribution in [0.5, 0.6) is 0 Å². The van der Waals surface area contributed by atoms with E-state index in [2.05, 4.69) is 17.2 Å². The second-order valence-electron chi connectivity index (χ2n) is 5.58. The van der Waals surface area contributed by atoms with E-state index < -0.39 is 11.7 Å². The third-order valence-electron chi connectivity index (χ3n) is 3.98. The Bertz CT molecular complexity index is 423. The van der Waals surface area contributed by atoms with Crippen molar-refractivity contribution in [1.29, 1.82) is 0 Å². The molecule has 1 aromatic heterocycles. The summed E-state index contributed by atoms with van der Waals surface area (Å²) in [5.74, 6) is 1.12. The van der Waals surface area contributed by atoms with Crippen LogP contribution in [0.2, 0.25) is 0 Å². The minimum Gasteiger partial charge on any atom is -0.367 e. The van der Waals surface area contributed by atoms with Crippen molar-refractivity contribution in [2.75, 3.05) is 5.32 Å². The average Bonchev–Trinajstić information content (AvgIpc) is 2.41. The Kier molecular flexibility index (Phi) is 4.89. The SMILES string of the molecule is CCCC1CCC(Nc2cc(C(F)(F)F)ccn2)CC1. The van der Waals surface area contributed by atoms with Gasteiger partial charge in [-0.2, -0.15) is 13.2 Å². The molecule has 1 fully saturated rings. The fraction of sp³-hybridized carbons (Fsp3) is 0.667. The van der Waals surface area contributed by atoms with Gasteiger partial charge < -0.3 is 5.32 Å². The van der Waals surface area contributed by atoms with Gasteiger partial charge in [0, 0.05) is 12.2 Å². The van der Waals surface area contributed by atoms with Crippen molar-refractivity contribution in [1.82, 2.24) is 4.98 Å². The van der Waals surface area contributed by atoms with Gasteiger partial charge in [-0.3, -0.25) is 0 Å². The highest BCUT2D eigenvalue weighted by molar-refractivity contribution is 5.39. The number of hydrogen-bond donors (Lipinski definition) is 1. The normalized spacial score (nSPS) is 23.6. The molecule has 0 spiro atoms. The third-order valence-corrected chi connectivity index (χ3v) is 3.98. The van der Waals surface area contributed by atoms with Crippen molar-refractivity contribution in [2.45, 2.75) is 57.7 Å². The number of nitrogens with zero attached hydrogens (tertiary/aromatic N) is 1. The lowest BCUT2D eigenvalue weighted by Crippen LogP contribution is -2.26. The summed E-state index contributed by atoms with van der Waals surface area (Å²) in [6, 6.07) is 2.35. The summed E-state index contributed by atoms with van der Waals surface area (Å²) >= 11 is 0. The number of rotatable bonds is 4. The molecule has 0 saturated heterocycles. The molecule has 0 aliphatic heterocycles. The summed E-state index contributed by atoms with van der Waals surface area (Å²) in [6.07, 6.45) is 3.72. The third kappa shape index (κ3) is 4.12. The first kappa shape index (κ1) is 15.1. The molecule has 1 aromatic rings. The number of anilines is 1. The van der Waals surface area contributed by atoms with Crippen molar-refractivity contribution in [3.05, 3.63) is 23.9 Å². The van der Waals surface area contributed by atoms with Crippen LogP contribution >= 0.6 is 0 Å². The Morgan fingerprint density at radius 3 is 2.55 bits per heavy atom. The molecule has 5 heteroatoms. The van der Waals surface area contributed by atoms with Crippen LogP contribution in [-0.4, -0.2) is 11.0 Å². The smallest absolute Gasteiger partial charge is 0.367 e. The number of hydrogen-bond acceptors (Lipinski definition) is 2. The molecule has 1 N–H and O–H groups in total. The zero-order valence-electron chi connectivity index (χ0n) is 11.7. The number of pyridine rings is 1. The first-order chi connectivity index (χ1) is 9.49. The summed E-state index contributed by atoms with van der Waals surface area (Å²) < 4.78 is 37.9. The maximum atomic E-state index is 12.6. The molecule has 20 heavy (non-hydrogen) atoms. The predicted molar refractivity (Wildman–Crippen MR) is 73.5 cm³/mol. The summed E-state index contributed by atoms with van der Waals surface area (Å²) in [5, 5.41) is 3.14. The lowest BCUT2D eigenvalue weighted by atomic mass is 9.83. The maximum absolute atomic E-state index is 12.6. The van der Waals surface area contributed by atoms with E-state index in [0.29, 0.717) is 5.82 Å². The number of nitrogens with one attached hydrogen (secondary N) is 1. The minimum absolute atomic E-state index is 0.249. The molecule has 0 unspecified atom stereocenters. The molecule has 2 rings (SSSR count). The summed E-state index contributed by atoms with van der Waals surface area (Å²) in [7, 11) is 0. The van der Waals surface area contributed by atoms with Crippen molar-refractivity contribution in [2.24, 2.45) is 5.92 Å². The number of halogens is 3. The van der Waals surface area contributed by atoms with Gasteiger partial charge in [0.25, 0.3) is 0 Å². The van der Waals surface area contributed by atoms with Crippen LogP contribution in [0.4, 0.5) is 19.0 Å². The Morgan fingerprint density at radius 1 is 1.25 bits per heavy atom. The quantitative estimate of drug-likeness (QED) is 0.854. The fourth-order valence-electron chi connectivity index (χ4n) is 2.90. The molecular weight excluding hydrogens is 265 g/mol. The predicted octanol–water partition coefficient (Wildman–Crippen LogP) is 4.87. The van der Waals surface area contributed by atoms with Crippen molar-refractivity contribution < 1.29 is 13.2 Å². The highest BCUT2D eigenvalue weighted by Crippen LogP contribution is 2.32. The molecule has 1 heterocycles. The van der Waals surface area contributed by atoms with Gasteiger partial charge in [-0.15, -0.1) is 0 Å². The largest absolute Gasteiger partial charge is 0.416 e. The van der Waals surface area contributed by atoms with Gasteiger partial charge in [0.2, 0.25) is 0 Å². The summed E-state index contributed by atoms with van der Waals surface area (Å²) in [5.41, 5.74) is -0.644. The second kappa shape index (κ2) is 6.46. The average molecular weight is 286 g/mol. The van der Waals surface area contributed by atoms with E-state index in [-0.39, 0.29) is 6.04 Å².